The zero-order valence-corrected chi connectivity index (χ0v) is 11.4. The molecule has 98 valence electrons. The third-order valence-corrected chi connectivity index (χ3v) is 3.43. The quantitative estimate of drug-likeness (QED) is 0.871. The van der Waals surface area contributed by atoms with Crippen molar-refractivity contribution in [2.45, 2.75) is 4.90 Å². The van der Waals surface area contributed by atoms with E-state index in [0.29, 0.717) is 4.90 Å². The maximum atomic E-state index is 11.1. The van der Waals surface area contributed by atoms with E-state index in [-0.39, 0.29) is 0 Å². The van der Waals surface area contributed by atoms with Crippen LogP contribution in [-0.2, 0) is 11.0 Å². The molecule has 0 fully saturated rings. The normalized spacial score (nSPS) is 12.5. The summed E-state index contributed by atoms with van der Waals surface area (Å²) in [7, 11) is 0.228. The van der Waals surface area contributed by atoms with Crippen molar-refractivity contribution in [3.05, 3.63) is 59.7 Å². The Balaban J connectivity index is 2.10. The van der Waals surface area contributed by atoms with Gasteiger partial charge in [0.05, 0.1) is 12.0 Å². The first-order chi connectivity index (χ1) is 9.19. The lowest BCUT2D eigenvalue weighted by atomic mass is 10.1. The van der Waals surface area contributed by atoms with Gasteiger partial charge in [-0.25, -0.2) is 9.35 Å². The summed E-state index contributed by atoms with van der Waals surface area (Å²) in [4.78, 5) is 0.626. The number of rotatable bonds is 4. The van der Waals surface area contributed by atoms with Crippen LogP contribution in [0.15, 0.2) is 53.4 Å². The molecular weight excluding hydrogens is 258 g/mol. The van der Waals surface area contributed by atoms with Crippen molar-refractivity contribution in [3.8, 4) is 5.75 Å². The van der Waals surface area contributed by atoms with Gasteiger partial charge in [0, 0.05) is 0 Å². The van der Waals surface area contributed by atoms with Crippen molar-refractivity contribution in [1.82, 2.24) is 0 Å². The molecule has 0 spiro atoms. The SMILES string of the molecule is COc1ccc(C=Cc2ccc([S@@](N)=O)cc2)cc1. The summed E-state index contributed by atoms with van der Waals surface area (Å²) < 4.78 is 16.2. The van der Waals surface area contributed by atoms with E-state index in [1.165, 1.54) is 0 Å². The lowest BCUT2D eigenvalue weighted by molar-refractivity contribution is 0.415. The molecule has 0 saturated heterocycles. The van der Waals surface area contributed by atoms with E-state index >= 15 is 0 Å². The Morgan fingerprint density at radius 3 is 1.84 bits per heavy atom. The highest BCUT2D eigenvalue weighted by Gasteiger charge is 1.96. The van der Waals surface area contributed by atoms with Crippen molar-refractivity contribution in [2.75, 3.05) is 7.11 Å². The van der Waals surface area contributed by atoms with E-state index in [1.807, 2.05) is 48.6 Å². The lowest BCUT2D eigenvalue weighted by Gasteiger charge is -2.00. The van der Waals surface area contributed by atoms with Crippen molar-refractivity contribution in [2.24, 2.45) is 5.14 Å². The molecule has 0 radical (unpaired) electrons. The summed E-state index contributed by atoms with van der Waals surface area (Å²) in [6.07, 6.45) is 4.00. The van der Waals surface area contributed by atoms with Crippen LogP contribution >= 0.6 is 0 Å². The van der Waals surface area contributed by atoms with Crippen LogP contribution in [0, 0.1) is 0 Å². The van der Waals surface area contributed by atoms with Crippen molar-refractivity contribution >= 4 is 23.1 Å². The Hall–Kier alpha value is -1.91. The van der Waals surface area contributed by atoms with Gasteiger partial charge in [-0.1, -0.05) is 36.4 Å². The van der Waals surface area contributed by atoms with Gasteiger partial charge in [-0.3, -0.25) is 0 Å². The lowest BCUT2D eigenvalue weighted by Crippen LogP contribution is -2.01. The predicted molar refractivity (Wildman–Crippen MR) is 79.0 cm³/mol. The van der Waals surface area contributed by atoms with Crippen LogP contribution in [0.1, 0.15) is 11.1 Å². The highest BCUT2D eigenvalue weighted by molar-refractivity contribution is 7.82. The van der Waals surface area contributed by atoms with Gasteiger partial charge in [-0.05, 0) is 35.4 Å². The molecule has 0 saturated carbocycles. The Morgan fingerprint density at radius 1 is 0.947 bits per heavy atom. The minimum Gasteiger partial charge on any atom is -0.497 e. The fourth-order valence-electron chi connectivity index (χ4n) is 1.62. The minimum atomic E-state index is -1.42. The third-order valence-electron chi connectivity index (χ3n) is 2.70. The van der Waals surface area contributed by atoms with E-state index in [0.717, 1.165) is 16.9 Å². The standard InChI is InChI=1S/C15H15NO2S/c1-18-14-8-4-12(5-9-14)2-3-13-6-10-15(11-7-13)19(16)17/h2-11H,16H2,1H3/t19-/m0/s1. The monoisotopic (exact) mass is 273 g/mol. The van der Waals surface area contributed by atoms with Gasteiger partial charge >= 0.3 is 0 Å². The molecule has 2 aromatic carbocycles. The summed E-state index contributed by atoms with van der Waals surface area (Å²) in [5.41, 5.74) is 2.12. The second-order valence-corrected chi connectivity index (χ2v) is 5.04. The van der Waals surface area contributed by atoms with Crippen LogP contribution < -0.4 is 9.88 Å². The maximum absolute atomic E-state index is 11.1. The Morgan fingerprint density at radius 2 is 1.42 bits per heavy atom. The van der Waals surface area contributed by atoms with Crippen molar-refractivity contribution in [1.29, 1.82) is 0 Å². The average Bonchev–Trinajstić information content (AvgIpc) is 2.46. The first-order valence-electron chi connectivity index (χ1n) is 5.77. The summed E-state index contributed by atoms with van der Waals surface area (Å²) in [5, 5.41) is 5.30. The van der Waals surface area contributed by atoms with Crippen LogP contribution in [-0.4, -0.2) is 11.3 Å². The zero-order valence-electron chi connectivity index (χ0n) is 10.6. The van der Waals surface area contributed by atoms with Crippen molar-refractivity contribution < 1.29 is 8.95 Å². The van der Waals surface area contributed by atoms with Crippen LogP contribution in [0.3, 0.4) is 0 Å². The third kappa shape index (κ3) is 3.77. The molecule has 19 heavy (non-hydrogen) atoms. The molecule has 0 heterocycles. The van der Waals surface area contributed by atoms with Gasteiger partial charge in [0.1, 0.15) is 16.7 Å². The number of methoxy groups -OCH3 is 1. The predicted octanol–water partition coefficient (Wildman–Crippen LogP) is 2.85. The maximum Gasteiger partial charge on any atom is 0.122 e. The van der Waals surface area contributed by atoms with Gasteiger partial charge in [-0.2, -0.15) is 0 Å². The second-order valence-electron chi connectivity index (χ2n) is 3.97. The molecule has 2 aromatic rings. The molecule has 2 rings (SSSR count). The van der Waals surface area contributed by atoms with E-state index in [1.54, 1.807) is 19.2 Å². The van der Waals surface area contributed by atoms with Crippen LogP contribution in [0.5, 0.6) is 5.75 Å². The number of hydrogen-bond donors (Lipinski definition) is 1. The Bertz CT molecular complexity index is 589. The van der Waals surface area contributed by atoms with Gasteiger partial charge < -0.3 is 4.74 Å². The van der Waals surface area contributed by atoms with Gasteiger partial charge in [0.25, 0.3) is 0 Å². The summed E-state index contributed by atoms with van der Waals surface area (Å²) in [6, 6.07) is 15.1. The number of nitrogens with two attached hydrogens (primary N) is 1. The molecule has 2 N–H and O–H groups in total. The topological polar surface area (TPSA) is 52.3 Å². The first-order valence-corrected chi connectivity index (χ1v) is 6.99. The molecule has 1 atom stereocenters. The molecule has 3 nitrogen and oxygen atoms in total. The fraction of sp³-hybridized carbons (Fsp3) is 0.0667. The minimum absolute atomic E-state index is 0.626. The molecule has 0 aromatic heterocycles. The average molecular weight is 273 g/mol. The molecule has 0 aliphatic heterocycles. The molecule has 0 unspecified atom stereocenters. The fourth-order valence-corrected chi connectivity index (χ4v) is 2.02. The van der Waals surface area contributed by atoms with Gasteiger partial charge in [-0.15, -0.1) is 0 Å². The zero-order chi connectivity index (χ0) is 13.7. The van der Waals surface area contributed by atoms with Crippen molar-refractivity contribution in [3.63, 3.8) is 0 Å². The highest BCUT2D eigenvalue weighted by Crippen LogP contribution is 2.14. The van der Waals surface area contributed by atoms with Crippen LogP contribution in [0.2, 0.25) is 0 Å². The van der Waals surface area contributed by atoms with E-state index in [4.69, 9.17) is 9.88 Å². The largest absolute Gasteiger partial charge is 0.497 e. The summed E-state index contributed by atoms with van der Waals surface area (Å²) in [5.74, 6) is 0.840. The highest BCUT2D eigenvalue weighted by atomic mass is 32.2. The van der Waals surface area contributed by atoms with E-state index in [9.17, 15) is 4.21 Å². The summed E-state index contributed by atoms with van der Waals surface area (Å²) in [6.45, 7) is 0. The van der Waals surface area contributed by atoms with Gasteiger partial charge in [0.15, 0.2) is 0 Å². The molecule has 0 aliphatic carbocycles. The summed E-state index contributed by atoms with van der Waals surface area (Å²) >= 11 is 0. The van der Waals surface area contributed by atoms with E-state index in [2.05, 4.69) is 0 Å². The van der Waals surface area contributed by atoms with Crippen LogP contribution in [0.4, 0.5) is 0 Å². The Labute approximate surface area is 115 Å². The number of hydrogen-bond acceptors (Lipinski definition) is 2. The molecule has 4 heteroatoms. The first kappa shape index (κ1) is 13.5. The molecule has 0 aliphatic rings. The molecule has 0 amide bonds. The van der Waals surface area contributed by atoms with Gasteiger partial charge in [0.2, 0.25) is 0 Å². The van der Waals surface area contributed by atoms with Crippen LogP contribution in [0.25, 0.3) is 12.2 Å². The number of benzene rings is 2. The molecular formula is C15H15NO2S. The molecule has 0 bridgehead atoms. The Kier molecular flexibility index (Phi) is 4.49. The van der Waals surface area contributed by atoms with E-state index < -0.39 is 11.0 Å². The second kappa shape index (κ2) is 6.31. The number of ether oxygens (including phenoxy) is 1. The smallest absolute Gasteiger partial charge is 0.122 e.